The first-order valence-corrected chi connectivity index (χ1v) is 11.6. The van der Waals surface area contributed by atoms with Crippen LogP contribution in [-0.2, 0) is 28.7 Å². The summed E-state index contributed by atoms with van der Waals surface area (Å²) in [5.41, 5.74) is -0.884. The Morgan fingerprint density at radius 1 is 1.28 bits per heavy atom. The number of carbonyl (C=O) groups is 1. The van der Waals surface area contributed by atoms with Crippen LogP contribution < -0.4 is 10.0 Å². The number of nitrogens with zero attached hydrogens (tertiary/aromatic N) is 2. The zero-order chi connectivity index (χ0) is 23.1. The molecule has 32 heavy (non-hydrogen) atoms. The molecule has 2 atom stereocenters. The standard InChI is InChI=1S/C23H32F3N3O3/c1-15(2)22(7-3-19(12-22)27-18-5-9-32-10-6-18)21(30)28-8-4-20-16(13-28)11-17(14-29(20)31)23(24,25)26/h11,14-15,18-19,27H,3-10,12-13H2,1-2H3/t19-,22+/m1/s1. The molecule has 4 rings (SSSR count). The van der Waals surface area contributed by atoms with Gasteiger partial charge in [0.25, 0.3) is 0 Å². The summed E-state index contributed by atoms with van der Waals surface area (Å²) < 4.78 is 45.3. The van der Waals surface area contributed by atoms with E-state index in [1.54, 1.807) is 4.90 Å². The van der Waals surface area contributed by atoms with Crippen LogP contribution in [0.1, 0.15) is 62.8 Å². The van der Waals surface area contributed by atoms with E-state index < -0.39 is 17.2 Å². The number of rotatable bonds is 4. The van der Waals surface area contributed by atoms with Gasteiger partial charge < -0.3 is 20.2 Å². The molecule has 3 aliphatic rings. The molecule has 0 spiro atoms. The average Bonchev–Trinajstić information content (AvgIpc) is 3.18. The summed E-state index contributed by atoms with van der Waals surface area (Å²) >= 11 is 0. The predicted molar refractivity (Wildman–Crippen MR) is 111 cm³/mol. The molecule has 1 saturated carbocycles. The number of hydrogen-bond acceptors (Lipinski definition) is 4. The molecular weight excluding hydrogens is 423 g/mol. The minimum absolute atomic E-state index is 0.00397. The summed E-state index contributed by atoms with van der Waals surface area (Å²) in [4.78, 5) is 15.4. The van der Waals surface area contributed by atoms with Crippen LogP contribution in [0.5, 0.6) is 0 Å². The minimum atomic E-state index is -4.60. The number of nitrogens with one attached hydrogen (secondary N) is 1. The van der Waals surface area contributed by atoms with Gasteiger partial charge in [-0.3, -0.25) is 4.79 Å². The van der Waals surface area contributed by atoms with Gasteiger partial charge in [-0.25, -0.2) is 0 Å². The second kappa shape index (κ2) is 8.82. The van der Waals surface area contributed by atoms with Gasteiger partial charge in [-0.2, -0.15) is 17.9 Å². The third-order valence-corrected chi connectivity index (χ3v) is 7.59. The molecule has 0 unspecified atom stereocenters. The molecule has 1 N–H and O–H groups in total. The van der Waals surface area contributed by atoms with Crippen molar-refractivity contribution in [2.75, 3.05) is 19.8 Å². The van der Waals surface area contributed by atoms with Gasteiger partial charge in [0.2, 0.25) is 5.91 Å². The summed E-state index contributed by atoms with van der Waals surface area (Å²) in [6.07, 6.45) is 0.603. The maximum Gasteiger partial charge on any atom is 0.422 e. The van der Waals surface area contributed by atoms with Crippen molar-refractivity contribution in [1.29, 1.82) is 0 Å². The van der Waals surface area contributed by atoms with Crippen molar-refractivity contribution in [3.63, 3.8) is 0 Å². The molecule has 1 amide bonds. The lowest BCUT2D eigenvalue weighted by Crippen LogP contribution is -2.50. The minimum Gasteiger partial charge on any atom is -0.618 e. The number of pyridine rings is 1. The highest BCUT2D eigenvalue weighted by atomic mass is 19.4. The normalized spacial score (nSPS) is 27.1. The Hall–Kier alpha value is -1.87. The Bertz CT molecular complexity index is 855. The first kappa shape index (κ1) is 23.3. The van der Waals surface area contributed by atoms with E-state index in [0.29, 0.717) is 34.8 Å². The molecule has 1 aromatic heterocycles. The van der Waals surface area contributed by atoms with Gasteiger partial charge in [0.1, 0.15) is 5.56 Å². The highest BCUT2D eigenvalue weighted by molar-refractivity contribution is 5.83. The van der Waals surface area contributed by atoms with Crippen LogP contribution in [0.2, 0.25) is 0 Å². The molecule has 6 nitrogen and oxygen atoms in total. The van der Waals surface area contributed by atoms with Crippen molar-refractivity contribution < 1.29 is 27.4 Å². The molecule has 0 aromatic carbocycles. The van der Waals surface area contributed by atoms with Crippen molar-refractivity contribution in [1.82, 2.24) is 10.2 Å². The Labute approximate surface area is 186 Å². The summed E-state index contributed by atoms with van der Waals surface area (Å²) in [7, 11) is 0. The van der Waals surface area contributed by atoms with Crippen LogP contribution in [0.4, 0.5) is 13.2 Å². The molecule has 3 heterocycles. The Balaban J connectivity index is 1.51. The van der Waals surface area contributed by atoms with Crippen molar-refractivity contribution in [2.24, 2.45) is 11.3 Å². The summed E-state index contributed by atoms with van der Waals surface area (Å²) in [6.45, 7) is 6.02. The summed E-state index contributed by atoms with van der Waals surface area (Å²) in [6, 6.07) is 1.68. The monoisotopic (exact) mass is 455 g/mol. The van der Waals surface area contributed by atoms with Crippen LogP contribution >= 0.6 is 0 Å². The van der Waals surface area contributed by atoms with E-state index in [2.05, 4.69) is 19.2 Å². The van der Waals surface area contributed by atoms with Crippen LogP contribution in [0, 0.1) is 16.5 Å². The average molecular weight is 456 g/mol. The molecule has 2 aliphatic heterocycles. The Morgan fingerprint density at radius 3 is 2.66 bits per heavy atom. The molecule has 0 radical (unpaired) electrons. The highest BCUT2D eigenvalue weighted by Crippen LogP contribution is 2.46. The lowest BCUT2D eigenvalue weighted by Gasteiger charge is -2.39. The number of aromatic nitrogens is 1. The maximum absolute atomic E-state index is 13.7. The van der Waals surface area contributed by atoms with Crippen LogP contribution in [0.3, 0.4) is 0 Å². The fraction of sp³-hybridized carbons (Fsp3) is 0.739. The summed E-state index contributed by atoms with van der Waals surface area (Å²) in [5.74, 6) is 0.119. The maximum atomic E-state index is 13.7. The van der Waals surface area contributed by atoms with Crippen molar-refractivity contribution in [2.45, 2.75) is 77.2 Å². The number of fused-ring (bicyclic) bond motifs is 1. The van der Waals surface area contributed by atoms with E-state index in [1.165, 1.54) is 0 Å². The van der Waals surface area contributed by atoms with Crippen LogP contribution in [-0.4, -0.2) is 42.6 Å². The lowest BCUT2D eigenvalue weighted by atomic mass is 9.74. The number of alkyl halides is 3. The van der Waals surface area contributed by atoms with Gasteiger partial charge >= 0.3 is 6.18 Å². The summed E-state index contributed by atoms with van der Waals surface area (Å²) in [5, 5.41) is 15.9. The van der Waals surface area contributed by atoms with Gasteiger partial charge in [0.15, 0.2) is 11.9 Å². The third-order valence-electron chi connectivity index (χ3n) is 7.59. The van der Waals surface area contributed by atoms with Crippen LogP contribution in [0.15, 0.2) is 12.3 Å². The molecule has 9 heteroatoms. The van der Waals surface area contributed by atoms with Gasteiger partial charge in [0, 0.05) is 37.4 Å². The van der Waals surface area contributed by atoms with Gasteiger partial charge in [-0.15, -0.1) is 0 Å². The van der Waals surface area contributed by atoms with E-state index >= 15 is 0 Å². The number of amides is 1. The Morgan fingerprint density at radius 2 is 2.00 bits per heavy atom. The van der Waals surface area contributed by atoms with E-state index in [9.17, 15) is 23.2 Å². The topological polar surface area (TPSA) is 68.5 Å². The number of ether oxygens (including phenoxy) is 1. The quantitative estimate of drug-likeness (QED) is 0.559. The number of hydrogen-bond donors (Lipinski definition) is 1. The van der Waals surface area contributed by atoms with Gasteiger partial charge in [-0.1, -0.05) is 13.8 Å². The smallest absolute Gasteiger partial charge is 0.422 e. The number of halogens is 3. The second-order valence-electron chi connectivity index (χ2n) is 9.80. The van der Waals surface area contributed by atoms with E-state index in [0.717, 1.165) is 51.4 Å². The first-order chi connectivity index (χ1) is 15.1. The van der Waals surface area contributed by atoms with E-state index in [1.807, 2.05) is 0 Å². The fourth-order valence-corrected chi connectivity index (χ4v) is 5.61. The Kier molecular flexibility index (Phi) is 6.42. The van der Waals surface area contributed by atoms with Gasteiger partial charge in [-0.05, 0) is 44.1 Å². The van der Waals surface area contributed by atoms with Crippen molar-refractivity contribution >= 4 is 5.91 Å². The zero-order valence-electron chi connectivity index (χ0n) is 18.7. The molecule has 1 aromatic rings. The zero-order valence-corrected chi connectivity index (χ0v) is 18.7. The first-order valence-electron chi connectivity index (χ1n) is 11.6. The van der Waals surface area contributed by atoms with E-state index in [-0.39, 0.29) is 30.8 Å². The SMILES string of the molecule is CC(C)[C@]1(C(=O)N2CCc3c(cc(C(F)(F)F)c[n+]3[O-])C2)CC[C@@H](NC2CCOCC2)C1. The lowest BCUT2D eigenvalue weighted by molar-refractivity contribution is -0.616. The molecule has 178 valence electrons. The van der Waals surface area contributed by atoms with Crippen molar-refractivity contribution in [3.05, 3.63) is 34.3 Å². The van der Waals surface area contributed by atoms with Crippen LogP contribution in [0.25, 0.3) is 0 Å². The number of carbonyl (C=O) groups excluding carboxylic acids is 1. The van der Waals surface area contributed by atoms with Gasteiger partial charge in [0.05, 0.1) is 18.4 Å². The second-order valence-corrected chi connectivity index (χ2v) is 9.80. The molecular formula is C23H32F3N3O3. The largest absolute Gasteiger partial charge is 0.618 e. The molecule has 1 saturated heterocycles. The van der Waals surface area contributed by atoms with Crippen molar-refractivity contribution in [3.8, 4) is 0 Å². The fourth-order valence-electron chi connectivity index (χ4n) is 5.61. The predicted octanol–water partition coefficient (Wildman–Crippen LogP) is 3.19. The van der Waals surface area contributed by atoms with E-state index in [4.69, 9.17) is 4.74 Å². The highest BCUT2D eigenvalue weighted by Gasteiger charge is 2.50. The molecule has 1 aliphatic carbocycles. The molecule has 2 fully saturated rings. The molecule has 0 bridgehead atoms. The third kappa shape index (κ3) is 4.46.